The third kappa shape index (κ3) is 3.18. The van der Waals surface area contributed by atoms with E-state index >= 15 is 0 Å². The van der Waals surface area contributed by atoms with E-state index in [4.69, 9.17) is 4.98 Å². The molecule has 0 saturated carbocycles. The summed E-state index contributed by atoms with van der Waals surface area (Å²) in [5.41, 5.74) is 4.99. The molecule has 1 N–H and O–H groups in total. The van der Waals surface area contributed by atoms with Gasteiger partial charge in [-0.1, -0.05) is 91.0 Å². The standard InChI is InChI=1S/C26H26N2O/c1-20-25(18-19-29)27-21(2)28(20)26(22-12-6-3-7-13-22,23-14-8-4-9-15-23)24-16-10-5-11-17-24/h3-17,29H,18-19H2,1-2H3. The Morgan fingerprint density at radius 2 is 1.14 bits per heavy atom. The summed E-state index contributed by atoms with van der Waals surface area (Å²) >= 11 is 0. The fraction of sp³-hybridized carbons (Fsp3) is 0.192. The van der Waals surface area contributed by atoms with Crippen molar-refractivity contribution in [3.63, 3.8) is 0 Å². The Labute approximate surface area is 172 Å². The van der Waals surface area contributed by atoms with Crippen LogP contribution in [0.4, 0.5) is 0 Å². The SMILES string of the molecule is Cc1nc(CCO)c(C)n1C(c1ccccc1)(c1ccccc1)c1ccccc1. The van der Waals surface area contributed by atoms with E-state index in [1.807, 2.05) is 0 Å². The molecule has 0 aliphatic rings. The number of hydrogen-bond donors (Lipinski definition) is 1. The molecule has 146 valence electrons. The van der Waals surface area contributed by atoms with Gasteiger partial charge in [0, 0.05) is 18.7 Å². The number of rotatable bonds is 6. The average Bonchev–Trinajstić information content (AvgIpc) is 3.05. The number of aromatic nitrogens is 2. The van der Waals surface area contributed by atoms with E-state index in [-0.39, 0.29) is 6.61 Å². The highest BCUT2D eigenvalue weighted by Gasteiger charge is 2.40. The van der Waals surface area contributed by atoms with Crippen LogP contribution in [0, 0.1) is 13.8 Å². The summed E-state index contributed by atoms with van der Waals surface area (Å²) in [4.78, 5) is 4.85. The Morgan fingerprint density at radius 3 is 1.52 bits per heavy atom. The summed E-state index contributed by atoms with van der Waals surface area (Å²) in [7, 11) is 0. The van der Waals surface area contributed by atoms with Gasteiger partial charge in [-0.05, 0) is 30.5 Å². The topological polar surface area (TPSA) is 38.1 Å². The highest BCUT2D eigenvalue weighted by molar-refractivity contribution is 5.52. The molecule has 0 amide bonds. The van der Waals surface area contributed by atoms with Gasteiger partial charge in [-0.3, -0.25) is 0 Å². The lowest BCUT2D eigenvalue weighted by Gasteiger charge is -2.39. The molecule has 1 aromatic heterocycles. The highest BCUT2D eigenvalue weighted by atomic mass is 16.3. The van der Waals surface area contributed by atoms with E-state index in [0.29, 0.717) is 6.42 Å². The van der Waals surface area contributed by atoms with E-state index in [9.17, 15) is 5.11 Å². The van der Waals surface area contributed by atoms with E-state index < -0.39 is 5.54 Å². The zero-order chi connectivity index (χ0) is 20.3. The summed E-state index contributed by atoms with van der Waals surface area (Å²) in [5.74, 6) is 0.933. The van der Waals surface area contributed by atoms with E-state index in [2.05, 4.69) is 109 Å². The molecule has 0 aliphatic carbocycles. The largest absolute Gasteiger partial charge is 0.396 e. The Morgan fingerprint density at radius 1 is 0.724 bits per heavy atom. The van der Waals surface area contributed by atoms with Crippen molar-refractivity contribution in [2.45, 2.75) is 25.8 Å². The lowest BCUT2D eigenvalue weighted by atomic mass is 9.76. The van der Waals surface area contributed by atoms with Crippen LogP contribution in [0.1, 0.15) is 33.9 Å². The minimum absolute atomic E-state index is 0.0896. The maximum Gasteiger partial charge on any atom is 0.122 e. The molecule has 0 spiro atoms. The molecule has 3 heteroatoms. The number of aliphatic hydroxyl groups excluding tert-OH is 1. The number of nitrogens with zero attached hydrogens (tertiary/aromatic N) is 2. The normalized spacial score (nSPS) is 11.6. The first-order valence-corrected chi connectivity index (χ1v) is 10.0. The van der Waals surface area contributed by atoms with Gasteiger partial charge in [-0.2, -0.15) is 0 Å². The van der Waals surface area contributed by atoms with Gasteiger partial charge in [0.25, 0.3) is 0 Å². The van der Waals surface area contributed by atoms with Crippen LogP contribution in [0.15, 0.2) is 91.0 Å². The van der Waals surface area contributed by atoms with Crippen molar-refractivity contribution in [2.75, 3.05) is 6.61 Å². The van der Waals surface area contributed by atoms with E-state index in [1.54, 1.807) is 0 Å². The predicted octanol–water partition coefficient (Wildman–Crippen LogP) is 4.87. The van der Waals surface area contributed by atoms with Crippen LogP contribution in [0.25, 0.3) is 0 Å². The van der Waals surface area contributed by atoms with Gasteiger partial charge in [0.05, 0.1) is 5.69 Å². The van der Waals surface area contributed by atoms with Crippen molar-refractivity contribution in [1.29, 1.82) is 0 Å². The number of hydrogen-bond acceptors (Lipinski definition) is 2. The number of imidazole rings is 1. The Hall–Kier alpha value is -3.17. The first-order chi connectivity index (χ1) is 14.2. The quantitative estimate of drug-likeness (QED) is 0.483. The van der Waals surface area contributed by atoms with Gasteiger partial charge in [0.15, 0.2) is 0 Å². The van der Waals surface area contributed by atoms with E-state index in [1.165, 1.54) is 16.7 Å². The maximum atomic E-state index is 9.55. The van der Waals surface area contributed by atoms with Crippen molar-refractivity contribution in [2.24, 2.45) is 0 Å². The average molecular weight is 383 g/mol. The van der Waals surface area contributed by atoms with Crippen molar-refractivity contribution in [3.05, 3.63) is 125 Å². The summed E-state index contributed by atoms with van der Waals surface area (Å²) in [6.45, 7) is 4.25. The van der Waals surface area contributed by atoms with Gasteiger partial charge in [-0.15, -0.1) is 0 Å². The fourth-order valence-electron chi connectivity index (χ4n) is 4.46. The van der Waals surface area contributed by atoms with Crippen LogP contribution in [0.3, 0.4) is 0 Å². The molecule has 0 aliphatic heterocycles. The lowest BCUT2D eigenvalue weighted by molar-refractivity contribution is 0.298. The van der Waals surface area contributed by atoms with Crippen molar-refractivity contribution < 1.29 is 5.11 Å². The maximum absolute atomic E-state index is 9.55. The molecular weight excluding hydrogens is 356 g/mol. The summed E-state index contributed by atoms with van der Waals surface area (Å²) < 4.78 is 2.33. The molecule has 0 atom stereocenters. The number of aliphatic hydroxyl groups is 1. The second-order valence-corrected chi connectivity index (χ2v) is 7.31. The molecule has 1 heterocycles. The molecule has 3 aromatic carbocycles. The number of aryl methyl sites for hydroxylation is 1. The molecule has 0 bridgehead atoms. The second kappa shape index (κ2) is 8.06. The second-order valence-electron chi connectivity index (χ2n) is 7.31. The minimum atomic E-state index is -0.557. The molecular formula is C26H26N2O. The minimum Gasteiger partial charge on any atom is -0.396 e. The molecule has 4 rings (SSSR count). The zero-order valence-electron chi connectivity index (χ0n) is 16.9. The monoisotopic (exact) mass is 382 g/mol. The first kappa shape index (κ1) is 19.2. The van der Waals surface area contributed by atoms with E-state index in [0.717, 1.165) is 17.2 Å². The van der Waals surface area contributed by atoms with Gasteiger partial charge >= 0.3 is 0 Å². The van der Waals surface area contributed by atoms with Gasteiger partial charge in [0.1, 0.15) is 11.4 Å². The summed E-state index contributed by atoms with van der Waals surface area (Å²) in [5, 5.41) is 9.55. The Bertz CT molecular complexity index is 973. The van der Waals surface area contributed by atoms with Crippen LogP contribution < -0.4 is 0 Å². The van der Waals surface area contributed by atoms with Gasteiger partial charge < -0.3 is 9.67 Å². The molecule has 0 fully saturated rings. The third-order valence-electron chi connectivity index (χ3n) is 5.63. The third-order valence-corrected chi connectivity index (χ3v) is 5.63. The Kier molecular flexibility index (Phi) is 5.32. The molecule has 0 unspecified atom stereocenters. The number of benzene rings is 3. The van der Waals surface area contributed by atoms with Crippen LogP contribution in [-0.2, 0) is 12.0 Å². The molecule has 0 saturated heterocycles. The van der Waals surface area contributed by atoms with Crippen LogP contribution in [0.5, 0.6) is 0 Å². The van der Waals surface area contributed by atoms with Crippen LogP contribution in [-0.4, -0.2) is 21.3 Å². The van der Waals surface area contributed by atoms with Crippen LogP contribution >= 0.6 is 0 Å². The Balaban J connectivity index is 2.16. The van der Waals surface area contributed by atoms with Crippen molar-refractivity contribution in [3.8, 4) is 0 Å². The van der Waals surface area contributed by atoms with Crippen molar-refractivity contribution >= 4 is 0 Å². The van der Waals surface area contributed by atoms with Crippen molar-refractivity contribution in [1.82, 2.24) is 9.55 Å². The predicted molar refractivity (Wildman–Crippen MR) is 117 cm³/mol. The fourth-order valence-corrected chi connectivity index (χ4v) is 4.46. The molecule has 3 nitrogen and oxygen atoms in total. The summed E-state index contributed by atoms with van der Waals surface area (Å²) in [6, 6.07) is 31.8. The highest BCUT2D eigenvalue weighted by Crippen LogP contribution is 2.42. The molecule has 0 radical (unpaired) electrons. The summed E-state index contributed by atoms with van der Waals surface area (Å²) in [6.07, 6.45) is 0.550. The van der Waals surface area contributed by atoms with Gasteiger partial charge in [-0.25, -0.2) is 4.98 Å². The smallest absolute Gasteiger partial charge is 0.122 e. The first-order valence-electron chi connectivity index (χ1n) is 10.0. The molecule has 29 heavy (non-hydrogen) atoms. The lowest BCUT2D eigenvalue weighted by Crippen LogP contribution is -2.39. The van der Waals surface area contributed by atoms with Gasteiger partial charge in [0.2, 0.25) is 0 Å². The molecule has 4 aromatic rings. The zero-order valence-corrected chi connectivity index (χ0v) is 16.9. The van der Waals surface area contributed by atoms with Crippen LogP contribution in [0.2, 0.25) is 0 Å².